The predicted octanol–water partition coefficient (Wildman–Crippen LogP) is 2.51. The minimum Gasteiger partial charge on any atom is -0.480 e. The van der Waals surface area contributed by atoms with Crippen LogP contribution in [0.5, 0.6) is 5.75 Å². The van der Waals surface area contributed by atoms with E-state index in [0.29, 0.717) is 23.4 Å². The molecular formula is C18H15N3O2. The number of nitrogens with one attached hydrogen (secondary N) is 1. The number of ether oxygens (including phenoxy) is 1. The Morgan fingerprint density at radius 3 is 2.48 bits per heavy atom. The van der Waals surface area contributed by atoms with Crippen LogP contribution < -0.4 is 10.1 Å². The Morgan fingerprint density at radius 2 is 1.83 bits per heavy atom. The van der Waals surface area contributed by atoms with E-state index < -0.39 is 6.10 Å². The van der Waals surface area contributed by atoms with Gasteiger partial charge in [0.2, 0.25) is 0 Å². The van der Waals surface area contributed by atoms with Gasteiger partial charge >= 0.3 is 0 Å². The second-order valence-electron chi connectivity index (χ2n) is 4.89. The van der Waals surface area contributed by atoms with Gasteiger partial charge in [0.05, 0.1) is 17.2 Å². The fourth-order valence-corrected chi connectivity index (χ4v) is 1.94. The summed E-state index contributed by atoms with van der Waals surface area (Å²) in [5, 5.41) is 20.5. The van der Waals surface area contributed by atoms with E-state index in [0.717, 1.165) is 5.56 Å². The fraction of sp³-hybridized carbons (Fsp3) is 0.167. The van der Waals surface area contributed by atoms with E-state index in [2.05, 4.69) is 5.32 Å². The van der Waals surface area contributed by atoms with E-state index >= 15 is 0 Å². The van der Waals surface area contributed by atoms with Crippen molar-refractivity contribution in [3.8, 4) is 17.9 Å². The Morgan fingerprint density at radius 1 is 1.13 bits per heavy atom. The van der Waals surface area contributed by atoms with Crippen LogP contribution in [0.2, 0.25) is 0 Å². The molecule has 2 aromatic carbocycles. The van der Waals surface area contributed by atoms with Gasteiger partial charge in [-0.05, 0) is 36.8 Å². The Balaban J connectivity index is 1.92. The lowest BCUT2D eigenvalue weighted by atomic mass is 10.1. The molecule has 2 aromatic rings. The van der Waals surface area contributed by atoms with Crippen LogP contribution in [0.15, 0.2) is 48.5 Å². The average Bonchev–Trinajstić information content (AvgIpc) is 2.60. The van der Waals surface area contributed by atoms with Crippen LogP contribution in [0.3, 0.4) is 0 Å². The van der Waals surface area contributed by atoms with Crippen molar-refractivity contribution in [1.29, 1.82) is 10.5 Å². The molecule has 1 amide bonds. The highest BCUT2D eigenvalue weighted by Gasteiger charge is 2.15. The molecule has 0 saturated heterocycles. The summed E-state index contributed by atoms with van der Waals surface area (Å²) in [7, 11) is 0. The van der Waals surface area contributed by atoms with Gasteiger partial charge in [-0.2, -0.15) is 10.5 Å². The molecule has 0 aliphatic carbocycles. The monoisotopic (exact) mass is 305 g/mol. The molecular weight excluding hydrogens is 290 g/mol. The summed E-state index contributed by atoms with van der Waals surface area (Å²) < 4.78 is 5.55. The average molecular weight is 305 g/mol. The first kappa shape index (κ1) is 16.1. The van der Waals surface area contributed by atoms with E-state index in [9.17, 15) is 4.79 Å². The number of rotatable bonds is 5. The van der Waals surface area contributed by atoms with Gasteiger partial charge in [-0.1, -0.05) is 24.3 Å². The van der Waals surface area contributed by atoms with Crippen molar-refractivity contribution in [2.75, 3.05) is 0 Å². The highest BCUT2D eigenvalue weighted by atomic mass is 16.5. The number of carbonyl (C=O) groups excluding carboxylic acids is 1. The first-order chi connectivity index (χ1) is 11.1. The lowest BCUT2D eigenvalue weighted by Crippen LogP contribution is -2.36. The van der Waals surface area contributed by atoms with E-state index in [1.54, 1.807) is 55.5 Å². The van der Waals surface area contributed by atoms with Crippen LogP contribution in [0.1, 0.15) is 23.6 Å². The second kappa shape index (κ2) is 7.63. The number of hydrogen-bond acceptors (Lipinski definition) is 4. The van der Waals surface area contributed by atoms with Crippen molar-refractivity contribution >= 4 is 5.91 Å². The van der Waals surface area contributed by atoms with Crippen LogP contribution in [0, 0.1) is 22.7 Å². The molecule has 114 valence electrons. The highest BCUT2D eigenvalue weighted by molar-refractivity contribution is 5.80. The standard InChI is InChI=1S/C18H15N3O2/c1-13(23-17-5-3-2-4-16(17)11-20)18(22)21-12-15-8-6-14(10-19)7-9-15/h2-9,13H,12H2,1H3,(H,21,22). The highest BCUT2D eigenvalue weighted by Crippen LogP contribution is 2.18. The maximum Gasteiger partial charge on any atom is 0.261 e. The molecule has 1 atom stereocenters. The third-order valence-corrected chi connectivity index (χ3v) is 3.23. The maximum atomic E-state index is 12.1. The van der Waals surface area contributed by atoms with Gasteiger partial charge < -0.3 is 10.1 Å². The molecule has 0 fully saturated rings. The van der Waals surface area contributed by atoms with Crippen molar-refractivity contribution < 1.29 is 9.53 Å². The molecule has 1 N–H and O–H groups in total. The van der Waals surface area contributed by atoms with E-state index in [4.69, 9.17) is 15.3 Å². The number of para-hydroxylation sites is 1. The van der Waals surface area contributed by atoms with Gasteiger partial charge in [0.15, 0.2) is 6.10 Å². The fourth-order valence-electron chi connectivity index (χ4n) is 1.94. The first-order valence-electron chi connectivity index (χ1n) is 7.06. The van der Waals surface area contributed by atoms with Crippen LogP contribution in [0.25, 0.3) is 0 Å². The molecule has 0 spiro atoms. The summed E-state index contributed by atoms with van der Waals surface area (Å²) in [6, 6.07) is 17.8. The van der Waals surface area contributed by atoms with Crippen molar-refractivity contribution in [3.63, 3.8) is 0 Å². The van der Waals surface area contributed by atoms with E-state index in [-0.39, 0.29) is 5.91 Å². The molecule has 0 aromatic heterocycles. The Labute approximate surface area is 134 Å². The second-order valence-corrected chi connectivity index (χ2v) is 4.89. The molecule has 0 radical (unpaired) electrons. The van der Waals surface area contributed by atoms with Crippen molar-refractivity contribution in [1.82, 2.24) is 5.32 Å². The molecule has 23 heavy (non-hydrogen) atoms. The minimum absolute atomic E-state index is 0.276. The summed E-state index contributed by atoms with van der Waals surface area (Å²) in [4.78, 5) is 12.1. The largest absolute Gasteiger partial charge is 0.480 e. The Bertz CT molecular complexity index is 770. The van der Waals surface area contributed by atoms with Crippen LogP contribution in [-0.2, 0) is 11.3 Å². The third kappa shape index (κ3) is 4.33. The number of carbonyl (C=O) groups is 1. The molecule has 1 unspecified atom stereocenters. The predicted molar refractivity (Wildman–Crippen MR) is 84.3 cm³/mol. The quantitative estimate of drug-likeness (QED) is 0.919. The van der Waals surface area contributed by atoms with Crippen LogP contribution >= 0.6 is 0 Å². The van der Waals surface area contributed by atoms with Gasteiger partial charge in [0.1, 0.15) is 11.8 Å². The Kier molecular flexibility index (Phi) is 5.33. The molecule has 0 aliphatic rings. The van der Waals surface area contributed by atoms with Gasteiger partial charge in [-0.3, -0.25) is 4.79 Å². The molecule has 5 nitrogen and oxygen atoms in total. The summed E-state index contributed by atoms with van der Waals surface area (Å²) in [5.74, 6) is 0.109. The van der Waals surface area contributed by atoms with Crippen molar-refractivity contribution in [3.05, 3.63) is 65.2 Å². The lowest BCUT2D eigenvalue weighted by Gasteiger charge is -2.15. The number of hydrogen-bond donors (Lipinski definition) is 1. The minimum atomic E-state index is -0.720. The molecule has 0 saturated carbocycles. The van der Waals surface area contributed by atoms with Gasteiger partial charge in [0.25, 0.3) is 5.91 Å². The summed E-state index contributed by atoms with van der Waals surface area (Å²) >= 11 is 0. The summed E-state index contributed by atoms with van der Waals surface area (Å²) in [5.41, 5.74) is 1.85. The zero-order chi connectivity index (χ0) is 16.7. The molecule has 2 rings (SSSR count). The lowest BCUT2D eigenvalue weighted by molar-refractivity contribution is -0.127. The van der Waals surface area contributed by atoms with Crippen LogP contribution in [-0.4, -0.2) is 12.0 Å². The summed E-state index contributed by atoms with van der Waals surface area (Å²) in [6.07, 6.45) is -0.720. The smallest absolute Gasteiger partial charge is 0.261 e. The van der Waals surface area contributed by atoms with Gasteiger partial charge in [-0.15, -0.1) is 0 Å². The van der Waals surface area contributed by atoms with Crippen LogP contribution in [0.4, 0.5) is 0 Å². The number of amides is 1. The zero-order valence-corrected chi connectivity index (χ0v) is 12.6. The molecule has 0 aliphatic heterocycles. The number of nitrogens with zero attached hydrogens (tertiary/aromatic N) is 2. The first-order valence-corrected chi connectivity index (χ1v) is 7.06. The topological polar surface area (TPSA) is 85.9 Å². The molecule has 0 heterocycles. The number of benzene rings is 2. The van der Waals surface area contributed by atoms with E-state index in [1.807, 2.05) is 12.1 Å². The van der Waals surface area contributed by atoms with Gasteiger partial charge in [0, 0.05) is 6.54 Å². The van der Waals surface area contributed by atoms with E-state index in [1.165, 1.54) is 0 Å². The van der Waals surface area contributed by atoms with Gasteiger partial charge in [-0.25, -0.2) is 0 Å². The third-order valence-electron chi connectivity index (χ3n) is 3.23. The molecule has 5 heteroatoms. The van der Waals surface area contributed by atoms with Crippen molar-refractivity contribution in [2.24, 2.45) is 0 Å². The SMILES string of the molecule is CC(Oc1ccccc1C#N)C(=O)NCc1ccc(C#N)cc1. The zero-order valence-electron chi connectivity index (χ0n) is 12.6. The molecule has 0 bridgehead atoms. The summed E-state index contributed by atoms with van der Waals surface area (Å²) in [6.45, 7) is 1.97. The Hall–Kier alpha value is -3.31. The normalized spacial score (nSPS) is 10.9. The number of nitriles is 2. The van der Waals surface area contributed by atoms with Crippen molar-refractivity contribution in [2.45, 2.75) is 19.6 Å². The maximum absolute atomic E-state index is 12.1.